The van der Waals surface area contributed by atoms with Gasteiger partial charge in [0.25, 0.3) is 0 Å². The fourth-order valence-corrected chi connectivity index (χ4v) is 2.36. The first kappa shape index (κ1) is 10.9. The first-order valence-electron chi connectivity index (χ1n) is 5.85. The number of amides is 1. The van der Waals surface area contributed by atoms with E-state index < -0.39 is 0 Å². The van der Waals surface area contributed by atoms with Crippen molar-refractivity contribution in [2.75, 3.05) is 32.8 Å². The van der Waals surface area contributed by atoms with Crippen LogP contribution < -0.4 is 5.32 Å². The van der Waals surface area contributed by atoms with Crippen LogP contribution in [0.15, 0.2) is 0 Å². The van der Waals surface area contributed by atoms with Gasteiger partial charge in [0.2, 0.25) is 5.91 Å². The van der Waals surface area contributed by atoms with Gasteiger partial charge in [-0.25, -0.2) is 0 Å². The summed E-state index contributed by atoms with van der Waals surface area (Å²) in [5.41, 5.74) is 0. The summed E-state index contributed by atoms with van der Waals surface area (Å²) in [7, 11) is 0. The number of hydrogen-bond acceptors (Lipinski definition) is 3. The maximum Gasteiger partial charge on any atom is 0.248 e. The molecule has 15 heavy (non-hydrogen) atoms. The lowest BCUT2D eigenvalue weighted by Gasteiger charge is -2.33. The van der Waals surface area contributed by atoms with Crippen molar-refractivity contribution in [1.29, 1.82) is 0 Å². The van der Waals surface area contributed by atoms with Crippen LogP contribution in [0.1, 0.15) is 19.8 Å². The summed E-state index contributed by atoms with van der Waals surface area (Å²) in [6, 6.07) is 0.251. The summed E-state index contributed by atoms with van der Waals surface area (Å²) < 4.78 is 5.19. The van der Waals surface area contributed by atoms with Crippen LogP contribution in [0.2, 0.25) is 0 Å². The highest BCUT2D eigenvalue weighted by molar-refractivity contribution is 5.78. The molecule has 4 heteroatoms. The third kappa shape index (κ3) is 2.69. The Labute approximate surface area is 91.0 Å². The van der Waals surface area contributed by atoms with E-state index in [0.29, 0.717) is 6.61 Å². The molecule has 2 fully saturated rings. The molecule has 1 N–H and O–H groups in total. The zero-order chi connectivity index (χ0) is 10.7. The molecule has 0 aromatic rings. The van der Waals surface area contributed by atoms with Crippen LogP contribution in [0.3, 0.4) is 0 Å². The Morgan fingerprint density at radius 2 is 2.47 bits per heavy atom. The summed E-state index contributed by atoms with van der Waals surface area (Å²) >= 11 is 0. The molecule has 86 valence electrons. The summed E-state index contributed by atoms with van der Waals surface area (Å²) in [5, 5.41) is 3.35. The largest absolute Gasteiger partial charge is 0.370 e. The van der Waals surface area contributed by atoms with Crippen LogP contribution in [0.5, 0.6) is 0 Å². The number of hydrogen-bond donors (Lipinski definition) is 1. The van der Waals surface area contributed by atoms with Crippen molar-refractivity contribution in [2.24, 2.45) is 5.92 Å². The Kier molecular flexibility index (Phi) is 3.59. The molecule has 2 atom stereocenters. The molecule has 0 aromatic heterocycles. The van der Waals surface area contributed by atoms with Crippen molar-refractivity contribution in [3.63, 3.8) is 0 Å². The second-order valence-corrected chi connectivity index (χ2v) is 4.60. The summed E-state index contributed by atoms with van der Waals surface area (Å²) in [4.78, 5) is 13.6. The maximum absolute atomic E-state index is 11.6. The van der Waals surface area contributed by atoms with E-state index in [2.05, 4.69) is 12.2 Å². The van der Waals surface area contributed by atoms with Gasteiger partial charge in [-0.15, -0.1) is 0 Å². The minimum Gasteiger partial charge on any atom is -0.370 e. The second kappa shape index (κ2) is 4.94. The predicted molar refractivity (Wildman–Crippen MR) is 57.6 cm³/mol. The van der Waals surface area contributed by atoms with Crippen LogP contribution in [-0.4, -0.2) is 49.7 Å². The van der Waals surface area contributed by atoms with Crippen LogP contribution in [0, 0.1) is 5.92 Å². The quantitative estimate of drug-likeness (QED) is 0.728. The van der Waals surface area contributed by atoms with Gasteiger partial charge in [0.05, 0.1) is 12.6 Å². The minimum absolute atomic E-state index is 0.153. The molecule has 4 nitrogen and oxygen atoms in total. The average molecular weight is 212 g/mol. The smallest absolute Gasteiger partial charge is 0.248 e. The van der Waals surface area contributed by atoms with Gasteiger partial charge in [-0.2, -0.15) is 0 Å². The summed E-state index contributed by atoms with van der Waals surface area (Å²) in [6.45, 7) is 6.17. The lowest BCUT2D eigenvalue weighted by Crippen LogP contribution is -2.48. The number of rotatable bonds is 3. The lowest BCUT2D eigenvalue weighted by molar-refractivity contribution is -0.147. The van der Waals surface area contributed by atoms with Gasteiger partial charge in [0.15, 0.2) is 0 Å². The maximum atomic E-state index is 11.6. The third-order valence-electron chi connectivity index (χ3n) is 3.38. The highest BCUT2D eigenvalue weighted by atomic mass is 16.5. The highest BCUT2D eigenvalue weighted by Crippen LogP contribution is 2.15. The zero-order valence-corrected chi connectivity index (χ0v) is 9.37. The first-order chi connectivity index (χ1) is 7.27. The van der Waals surface area contributed by atoms with Crippen LogP contribution in [-0.2, 0) is 9.53 Å². The minimum atomic E-state index is 0.153. The monoisotopic (exact) mass is 212 g/mol. The Bertz CT molecular complexity index is 227. The fraction of sp³-hybridized carbons (Fsp3) is 0.909. The van der Waals surface area contributed by atoms with E-state index in [4.69, 9.17) is 4.74 Å². The molecule has 2 aliphatic heterocycles. The molecule has 0 bridgehead atoms. The molecule has 2 saturated heterocycles. The van der Waals surface area contributed by atoms with Gasteiger partial charge in [-0.1, -0.05) is 0 Å². The van der Waals surface area contributed by atoms with Gasteiger partial charge >= 0.3 is 0 Å². The standard InChI is InChI=1S/C11H20N2O2/c1-9-7-15-8-11(14)13(9)5-3-10-2-4-12-6-10/h9-10,12H,2-8H2,1H3. The van der Waals surface area contributed by atoms with Gasteiger partial charge in [-0.05, 0) is 38.8 Å². The number of nitrogens with zero attached hydrogens (tertiary/aromatic N) is 1. The zero-order valence-electron chi connectivity index (χ0n) is 9.37. The molecule has 1 amide bonds. The van der Waals surface area contributed by atoms with E-state index in [1.165, 1.54) is 6.42 Å². The van der Waals surface area contributed by atoms with Crippen molar-refractivity contribution in [1.82, 2.24) is 10.2 Å². The van der Waals surface area contributed by atoms with Crippen LogP contribution in [0.4, 0.5) is 0 Å². The van der Waals surface area contributed by atoms with Gasteiger partial charge in [0.1, 0.15) is 6.61 Å². The van der Waals surface area contributed by atoms with E-state index in [1.54, 1.807) is 0 Å². The summed E-state index contributed by atoms with van der Waals surface area (Å²) in [6.07, 6.45) is 2.38. The Morgan fingerprint density at radius 1 is 1.60 bits per heavy atom. The lowest BCUT2D eigenvalue weighted by atomic mass is 10.0. The van der Waals surface area contributed by atoms with E-state index in [9.17, 15) is 4.79 Å². The van der Waals surface area contributed by atoms with Crippen molar-refractivity contribution in [3.05, 3.63) is 0 Å². The number of carbonyl (C=O) groups excluding carboxylic acids is 1. The number of ether oxygens (including phenoxy) is 1. The Hall–Kier alpha value is -0.610. The molecule has 0 spiro atoms. The molecule has 0 aliphatic carbocycles. The highest BCUT2D eigenvalue weighted by Gasteiger charge is 2.26. The van der Waals surface area contributed by atoms with Crippen molar-refractivity contribution in [3.8, 4) is 0 Å². The van der Waals surface area contributed by atoms with Crippen molar-refractivity contribution >= 4 is 5.91 Å². The Balaban J connectivity index is 1.78. The van der Waals surface area contributed by atoms with Crippen molar-refractivity contribution in [2.45, 2.75) is 25.8 Å². The SMILES string of the molecule is CC1COCC(=O)N1CCC1CCNC1. The average Bonchev–Trinajstić information content (AvgIpc) is 2.70. The van der Waals surface area contributed by atoms with Crippen LogP contribution in [0.25, 0.3) is 0 Å². The van der Waals surface area contributed by atoms with Gasteiger partial charge < -0.3 is 15.0 Å². The molecule has 2 unspecified atom stereocenters. The van der Waals surface area contributed by atoms with E-state index in [0.717, 1.165) is 32.0 Å². The topological polar surface area (TPSA) is 41.6 Å². The molecule has 2 heterocycles. The second-order valence-electron chi connectivity index (χ2n) is 4.60. The number of carbonyl (C=O) groups is 1. The Morgan fingerprint density at radius 3 is 3.13 bits per heavy atom. The van der Waals surface area contributed by atoms with Crippen molar-refractivity contribution < 1.29 is 9.53 Å². The molecule has 2 aliphatic rings. The number of nitrogens with one attached hydrogen (secondary N) is 1. The molecule has 2 rings (SSSR count). The van der Waals surface area contributed by atoms with E-state index in [1.807, 2.05) is 4.90 Å². The molecule has 0 saturated carbocycles. The molecular formula is C11H20N2O2. The predicted octanol–water partition coefficient (Wildman–Crippen LogP) is 0.233. The van der Waals surface area contributed by atoms with E-state index in [-0.39, 0.29) is 18.6 Å². The summed E-state index contributed by atoms with van der Waals surface area (Å²) in [5.74, 6) is 0.910. The van der Waals surface area contributed by atoms with E-state index >= 15 is 0 Å². The normalized spacial score (nSPS) is 32.3. The van der Waals surface area contributed by atoms with Crippen LogP contribution >= 0.6 is 0 Å². The molecular weight excluding hydrogens is 192 g/mol. The van der Waals surface area contributed by atoms with Gasteiger partial charge in [-0.3, -0.25) is 4.79 Å². The number of morpholine rings is 1. The van der Waals surface area contributed by atoms with Gasteiger partial charge in [0, 0.05) is 6.54 Å². The third-order valence-corrected chi connectivity index (χ3v) is 3.38. The fourth-order valence-electron chi connectivity index (χ4n) is 2.36. The molecule has 0 aromatic carbocycles. The first-order valence-corrected chi connectivity index (χ1v) is 5.85. The molecule has 0 radical (unpaired) electrons.